The first-order valence-corrected chi connectivity index (χ1v) is 7.06. The van der Waals surface area contributed by atoms with Crippen molar-refractivity contribution in [1.82, 2.24) is 14.8 Å². The Hall–Kier alpha value is -2.13. The fourth-order valence-corrected chi connectivity index (χ4v) is 1.93. The maximum absolute atomic E-state index is 12.3. The Labute approximate surface area is 132 Å². The molecule has 1 N–H and O–H groups in total. The first-order chi connectivity index (χ1) is 10.4. The van der Waals surface area contributed by atoms with Gasteiger partial charge in [-0.1, -0.05) is 23.4 Å². The molecule has 2 aromatic rings. The highest BCUT2D eigenvalue weighted by molar-refractivity contribution is 6.29. The van der Waals surface area contributed by atoms with Gasteiger partial charge in [-0.15, -0.1) is 0 Å². The predicted octanol–water partition coefficient (Wildman–Crippen LogP) is 3.42. The minimum atomic E-state index is -2.44. The van der Waals surface area contributed by atoms with E-state index in [2.05, 4.69) is 27.2 Å². The molecule has 0 aromatic carbocycles. The van der Waals surface area contributed by atoms with Crippen LogP contribution in [0.25, 0.3) is 0 Å². The first kappa shape index (κ1) is 16.2. The molecule has 0 spiro atoms. The van der Waals surface area contributed by atoms with Crippen molar-refractivity contribution < 1.29 is 8.78 Å². The van der Waals surface area contributed by atoms with Crippen molar-refractivity contribution in [3.8, 4) is 11.8 Å². The van der Waals surface area contributed by atoms with Gasteiger partial charge >= 0.3 is 0 Å². The van der Waals surface area contributed by atoms with Crippen LogP contribution in [0.4, 0.5) is 14.5 Å². The first-order valence-electron chi connectivity index (χ1n) is 6.68. The van der Waals surface area contributed by atoms with Crippen molar-refractivity contribution in [3.05, 3.63) is 40.9 Å². The van der Waals surface area contributed by atoms with Crippen LogP contribution in [0, 0.1) is 11.8 Å². The van der Waals surface area contributed by atoms with Gasteiger partial charge in [0, 0.05) is 18.4 Å². The van der Waals surface area contributed by atoms with E-state index in [1.54, 1.807) is 12.3 Å². The molecule has 0 aliphatic rings. The molecule has 7 heteroatoms. The third kappa shape index (κ3) is 4.71. The van der Waals surface area contributed by atoms with E-state index in [1.807, 2.05) is 13.8 Å². The number of hydrogen-bond donors (Lipinski definition) is 1. The molecule has 0 aliphatic heterocycles. The van der Waals surface area contributed by atoms with E-state index >= 15 is 0 Å². The van der Waals surface area contributed by atoms with E-state index in [0.29, 0.717) is 16.3 Å². The van der Waals surface area contributed by atoms with Crippen LogP contribution in [0.3, 0.4) is 0 Å². The molecule has 0 saturated heterocycles. The fourth-order valence-electron chi connectivity index (χ4n) is 1.77. The fraction of sp³-hybridized carbons (Fsp3) is 0.333. The molecule has 0 saturated carbocycles. The van der Waals surface area contributed by atoms with E-state index in [-0.39, 0.29) is 6.04 Å². The Bertz CT molecular complexity index is 701. The normalized spacial score (nSPS) is 10.7. The molecule has 0 fully saturated rings. The summed E-state index contributed by atoms with van der Waals surface area (Å²) >= 11 is 5.89. The summed E-state index contributed by atoms with van der Waals surface area (Å²) in [4.78, 5) is 4.01. The number of rotatable bonds is 4. The number of anilines is 1. The lowest BCUT2D eigenvalue weighted by Crippen LogP contribution is -2.11. The van der Waals surface area contributed by atoms with Crippen LogP contribution >= 0.6 is 11.6 Å². The Morgan fingerprint density at radius 2 is 2.09 bits per heavy atom. The summed E-state index contributed by atoms with van der Waals surface area (Å²) in [7, 11) is 0. The molecule has 0 aliphatic carbocycles. The lowest BCUT2D eigenvalue weighted by molar-refractivity contribution is 0.122. The highest BCUT2D eigenvalue weighted by atomic mass is 35.5. The molecule has 0 radical (unpaired) electrons. The van der Waals surface area contributed by atoms with Gasteiger partial charge in [0.15, 0.2) is 0 Å². The molecule has 2 aromatic heterocycles. The van der Waals surface area contributed by atoms with Crippen molar-refractivity contribution in [3.63, 3.8) is 0 Å². The molecule has 2 rings (SSSR count). The van der Waals surface area contributed by atoms with Gasteiger partial charge in [-0.05, 0) is 19.9 Å². The van der Waals surface area contributed by atoms with Crippen LogP contribution in [0.5, 0.6) is 0 Å². The SMILES string of the molecule is CC(C)Nc1cc(Cl)ncc1C#Cc1cnn(CC(F)F)c1. The van der Waals surface area contributed by atoms with E-state index in [4.69, 9.17) is 11.6 Å². The van der Waals surface area contributed by atoms with Gasteiger partial charge in [0.05, 0.1) is 23.0 Å². The van der Waals surface area contributed by atoms with Crippen LogP contribution in [0.1, 0.15) is 25.0 Å². The van der Waals surface area contributed by atoms with E-state index in [0.717, 1.165) is 5.69 Å². The number of halogens is 3. The van der Waals surface area contributed by atoms with Crippen molar-refractivity contribution in [2.75, 3.05) is 5.32 Å². The summed E-state index contributed by atoms with van der Waals surface area (Å²) in [6.45, 7) is 3.56. The molecular weight excluding hydrogens is 310 g/mol. The number of pyridine rings is 1. The third-order valence-electron chi connectivity index (χ3n) is 2.61. The average molecular weight is 325 g/mol. The van der Waals surface area contributed by atoms with Gasteiger partial charge in [-0.25, -0.2) is 13.8 Å². The average Bonchev–Trinajstić information content (AvgIpc) is 2.84. The molecule has 2 heterocycles. The molecule has 4 nitrogen and oxygen atoms in total. The summed E-state index contributed by atoms with van der Waals surface area (Å²) in [5.74, 6) is 5.84. The van der Waals surface area contributed by atoms with Crippen molar-refractivity contribution >= 4 is 17.3 Å². The van der Waals surface area contributed by atoms with E-state index in [9.17, 15) is 8.78 Å². The number of hydrogen-bond acceptors (Lipinski definition) is 3. The quantitative estimate of drug-likeness (QED) is 0.692. The third-order valence-corrected chi connectivity index (χ3v) is 2.82. The Morgan fingerprint density at radius 1 is 1.32 bits per heavy atom. The van der Waals surface area contributed by atoms with Crippen LogP contribution in [-0.2, 0) is 6.54 Å². The van der Waals surface area contributed by atoms with Crippen LogP contribution in [0.15, 0.2) is 24.7 Å². The Kier molecular flexibility index (Phi) is 5.34. The minimum absolute atomic E-state index is 0.216. The highest BCUT2D eigenvalue weighted by Gasteiger charge is 2.06. The smallest absolute Gasteiger partial charge is 0.257 e. The largest absolute Gasteiger partial charge is 0.382 e. The second kappa shape index (κ2) is 7.23. The lowest BCUT2D eigenvalue weighted by atomic mass is 10.2. The van der Waals surface area contributed by atoms with Gasteiger partial charge < -0.3 is 5.32 Å². The monoisotopic (exact) mass is 324 g/mol. The van der Waals surface area contributed by atoms with E-state index in [1.165, 1.54) is 17.1 Å². The second-order valence-electron chi connectivity index (χ2n) is 4.94. The minimum Gasteiger partial charge on any atom is -0.382 e. The zero-order valence-corrected chi connectivity index (χ0v) is 12.9. The predicted molar refractivity (Wildman–Crippen MR) is 82.2 cm³/mol. The van der Waals surface area contributed by atoms with Crippen LogP contribution < -0.4 is 5.32 Å². The highest BCUT2D eigenvalue weighted by Crippen LogP contribution is 2.18. The van der Waals surface area contributed by atoms with Crippen LogP contribution in [-0.4, -0.2) is 27.2 Å². The van der Waals surface area contributed by atoms with Gasteiger partial charge in [0.25, 0.3) is 6.43 Å². The number of aromatic nitrogens is 3. The number of alkyl halides is 2. The standard InChI is InChI=1S/C15H15ClF2N4/c1-10(2)21-13-5-14(16)19-7-12(13)4-3-11-6-20-22(8-11)9-15(17)18/h5-8,10,15H,9H2,1-2H3,(H,19,21). The second-order valence-corrected chi connectivity index (χ2v) is 5.33. The summed E-state index contributed by atoms with van der Waals surface area (Å²) < 4.78 is 25.7. The van der Waals surface area contributed by atoms with Crippen molar-refractivity contribution in [2.45, 2.75) is 32.9 Å². The maximum atomic E-state index is 12.3. The molecule has 0 unspecified atom stereocenters. The molecule has 116 valence electrons. The zero-order valence-electron chi connectivity index (χ0n) is 12.1. The van der Waals surface area contributed by atoms with Gasteiger partial charge in [-0.2, -0.15) is 5.10 Å². The van der Waals surface area contributed by atoms with Gasteiger partial charge in [0.1, 0.15) is 11.7 Å². The summed E-state index contributed by atoms with van der Waals surface area (Å²) in [6.07, 6.45) is 2.07. The summed E-state index contributed by atoms with van der Waals surface area (Å²) in [5, 5.41) is 7.44. The lowest BCUT2D eigenvalue weighted by Gasteiger charge is -2.11. The van der Waals surface area contributed by atoms with Crippen molar-refractivity contribution in [1.29, 1.82) is 0 Å². The topological polar surface area (TPSA) is 42.7 Å². The summed E-state index contributed by atoms with van der Waals surface area (Å²) in [6, 6.07) is 1.92. The number of nitrogens with one attached hydrogen (secondary N) is 1. The van der Waals surface area contributed by atoms with E-state index < -0.39 is 13.0 Å². The Morgan fingerprint density at radius 3 is 2.77 bits per heavy atom. The number of nitrogens with zero attached hydrogens (tertiary/aromatic N) is 3. The van der Waals surface area contributed by atoms with Crippen LogP contribution in [0.2, 0.25) is 5.15 Å². The maximum Gasteiger partial charge on any atom is 0.257 e. The molecule has 22 heavy (non-hydrogen) atoms. The zero-order chi connectivity index (χ0) is 16.1. The van der Waals surface area contributed by atoms with Crippen molar-refractivity contribution in [2.24, 2.45) is 0 Å². The van der Waals surface area contributed by atoms with Gasteiger partial charge in [0.2, 0.25) is 0 Å². The Balaban J connectivity index is 2.22. The summed E-state index contributed by atoms with van der Waals surface area (Å²) in [5.41, 5.74) is 2.02. The molecule has 0 atom stereocenters. The van der Waals surface area contributed by atoms with Gasteiger partial charge in [-0.3, -0.25) is 4.68 Å². The molecular formula is C15H15ClF2N4. The molecule has 0 amide bonds. The molecule has 0 bridgehead atoms.